The zero-order chi connectivity index (χ0) is 26.2. The van der Waals surface area contributed by atoms with E-state index in [-0.39, 0.29) is 18.7 Å². The predicted octanol–water partition coefficient (Wildman–Crippen LogP) is 9.58. The summed E-state index contributed by atoms with van der Waals surface area (Å²) in [6.45, 7) is 11.1. The van der Waals surface area contributed by atoms with Crippen LogP contribution >= 0.6 is 0 Å². The summed E-state index contributed by atoms with van der Waals surface area (Å²) in [5.41, 5.74) is 0. The quantitative estimate of drug-likeness (QED) is 0.123. The minimum atomic E-state index is -0.396. The molecule has 0 aromatic rings. The van der Waals surface area contributed by atoms with Crippen molar-refractivity contribution >= 4 is 6.09 Å². The van der Waals surface area contributed by atoms with E-state index in [4.69, 9.17) is 4.74 Å². The van der Waals surface area contributed by atoms with Crippen molar-refractivity contribution in [1.29, 1.82) is 0 Å². The Kier molecular flexibility index (Phi) is 24.4. The molecule has 2 atom stereocenters. The number of aliphatic hydroxyl groups excluding tert-OH is 1. The van der Waals surface area contributed by atoms with Crippen LogP contribution in [0.5, 0.6) is 0 Å². The molecule has 0 saturated carbocycles. The van der Waals surface area contributed by atoms with E-state index in [0.717, 1.165) is 24.7 Å². The number of carbonyl (C=O) groups is 1. The Balaban J connectivity index is 4.07. The number of hydrogen-bond donors (Lipinski definition) is 2. The molecule has 4 heteroatoms. The SMILES string of the molecule is CCC(CO)OC(=O)NC(CCCCCCCCCCC(C)C)CCCCCCCCCC(C)C. The molecule has 2 unspecified atom stereocenters. The first kappa shape index (κ1) is 34.2. The van der Waals surface area contributed by atoms with Gasteiger partial charge in [0.2, 0.25) is 0 Å². The zero-order valence-electron chi connectivity index (χ0n) is 24.4. The minimum absolute atomic E-state index is 0.108. The summed E-state index contributed by atoms with van der Waals surface area (Å²) < 4.78 is 5.38. The second kappa shape index (κ2) is 24.9. The van der Waals surface area contributed by atoms with E-state index >= 15 is 0 Å². The van der Waals surface area contributed by atoms with E-state index < -0.39 is 6.10 Å². The average Bonchev–Trinajstić information content (AvgIpc) is 2.81. The van der Waals surface area contributed by atoms with Crippen LogP contribution in [0, 0.1) is 11.8 Å². The van der Waals surface area contributed by atoms with Crippen molar-refractivity contribution in [3.63, 3.8) is 0 Å². The largest absolute Gasteiger partial charge is 0.444 e. The van der Waals surface area contributed by atoms with Crippen LogP contribution < -0.4 is 5.32 Å². The van der Waals surface area contributed by atoms with Crippen molar-refractivity contribution in [2.75, 3.05) is 6.61 Å². The van der Waals surface area contributed by atoms with E-state index in [1.807, 2.05) is 6.92 Å². The van der Waals surface area contributed by atoms with Gasteiger partial charge in [0, 0.05) is 6.04 Å². The van der Waals surface area contributed by atoms with Gasteiger partial charge in [-0.3, -0.25) is 0 Å². The van der Waals surface area contributed by atoms with E-state index in [1.54, 1.807) is 0 Å². The molecule has 0 heterocycles. The minimum Gasteiger partial charge on any atom is -0.444 e. The summed E-state index contributed by atoms with van der Waals surface area (Å²) in [4.78, 5) is 12.3. The van der Waals surface area contributed by atoms with Crippen molar-refractivity contribution in [2.45, 2.75) is 175 Å². The number of rotatable bonds is 25. The number of unbranched alkanes of at least 4 members (excludes halogenated alkanes) is 13. The Morgan fingerprint density at radius 2 is 0.971 bits per heavy atom. The van der Waals surface area contributed by atoms with Gasteiger partial charge in [-0.25, -0.2) is 4.79 Å². The molecule has 0 rings (SSSR count). The first-order chi connectivity index (χ1) is 16.9. The van der Waals surface area contributed by atoms with Crippen molar-refractivity contribution in [1.82, 2.24) is 5.32 Å². The molecule has 0 saturated heterocycles. The van der Waals surface area contributed by atoms with Crippen LogP contribution in [0.1, 0.15) is 163 Å². The van der Waals surface area contributed by atoms with Crippen molar-refractivity contribution in [2.24, 2.45) is 11.8 Å². The molecule has 0 aliphatic carbocycles. The number of carbonyl (C=O) groups excluding carboxylic acids is 1. The molecule has 0 fully saturated rings. The number of ether oxygens (including phenoxy) is 1. The summed E-state index contributed by atoms with van der Waals surface area (Å²) in [5.74, 6) is 1.67. The topological polar surface area (TPSA) is 58.6 Å². The fourth-order valence-corrected chi connectivity index (χ4v) is 4.72. The summed E-state index contributed by atoms with van der Waals surface area (Å²) >= 11 is 0. The van der Waals surface area contributed by atoms with Crippen LogP contribution in [0.15, 0.2) is 0 Å². The van der Waals surface area contributed by atoms with Crippen molar-refractivity contribution < 1.29 is 14.6 Å². The molecule has 0 bridgehead atoms. The summed E-state index contributed by atoms with van der Waals surface area (Å²) in [5, 5.41) is 12.4. The first-order valence-electron chi connectivity index (χ1n) is 15.5. The van der Waals surface area contributed by atoms with Gasteiger partial charge in [0.1, 0.15) is 6.10 Å². The monoisotopic (exact) mass is 497 g/mol. The van der Waals surface area contributed by atoms with E-state index in [0.29, 0.717) is 6.42 Å². The number of alkyl carbamates (subject to hydrolysis) is 1. The first-order valence-corrected chi connectivity index (χ1v) is 15.5. The van der Waals surface area contributed by atoms with Gasteiger partial charge in [0.15, 0.2) is 0 Å². The normalized spacial score (nSPS) is 13.4. The lowest BCUT2D eigenvalue weighted by Crippen LogP contribution is -2.38. The third-order valence-electron chi connectivity index (χ3n) is 7.17. The predicted molar refractivity (Wildman–Crippen MR) is 152 cm³/mol. The molecule has 210 valence electrons. The maximum atomic E-state index is 12.3. The van der Waals surface area contributed by atoms with Crippen LogP contribution in [0.4, 0.5) is 4.79 Å². The zero-order valence-corrected chi connectivity index (χ0v) is 24.4. The molecule has 0 aliphatic heterocycles. The number of hydrogen-bond acceptors (Lipinski definition) is 3. The fraction of sp³-hybridized carbons (Fsp3) is 0.968. The highest BCUT2D eigenvalue weighted by Gasteiger charge is 2.16. The molecule has 4 nitrogen and oxygen atoms in total. The molecule has 0 aromatic heterocycles. The Bertz CT molecular complexity index is 449. The Hall–Kier alpha value is -0.770. The van der Waals surface area contributed by atoms with Gasteiger partial charge in [-0.2, -0.15) is 0 Å². The highest BCUT2D eigenvalue weighted by molar-refractivity contribution is 5.67. The van der Waals surface area contributed by atoms with Crippen LogP contribution in [0.2, 0.25) is 0 Å². The van der Waals surface area contributed by atoms with Gasteiger partial charge in [-0.1, -0.05) is 144 Å². The molecular formula is C31H63NO3. The molecule has 0 radical (unpaired) electrons. The fourth-order valence-electron chi connectivity index (χ4n) is 4.72. The van der Waals surface area contributed by atoms with E-state index in [2.05, 4.69) is 33.0 Å². The highest BCUT2D eigenvalue weighted by Crippen LogP contribution is 2.17. The van der Waals surface area contributed by atoms with Gasteiger partial charge in [0.25, 0.3) is 0 Å². The van der Waals surface area contributed by atoms with Gasteiger partial charge >= 0.3 is 6.09 Å². The van der Waals surface area contributed by atoms with Gasteiger partial charge in [-0.05, 0) is 31.1 Å². The molecule has 35 heavy (non-hydrogen) atoms. The number of nitrogens with one attached hydrogen (secondary N) is 1. The second-order valence-electron chi connectivity index (χ2n) is 11.7. The summed E-state index contributed by atoms with van der Waals surface area (Å²) in [6.07, 6.45) is 24.4. The maximum Gasteiger partial charge on any atom is 0.407 e. The number of amides is 1. The average molecular weight is 498 g/mol. The molecular weight excluding hydrogens is 434 g/mol. The van der Waals surface area contributed by atoms with Gasteiger partial charge in [-0.15, -0.1) is 0 Å². The third-order valence-corrected chi connectivity index (χ3v) is 7.17. The molecule has 0 aliphatic rings. The van der Waals surface area contributed by atoms with Crippen LogP contribution in [-0.4, -0.2) is 30.0 Å². The molecule has 2 N–H and O–H groups in total. The molecule has 0 aromatic carbocycles. The lowest BCUT2D eigenvalue weighted by molar-refractivity contribution is 0.0531. The van der Waals surface area contributed by atoms with Crippen molar-refractivity contribution in [3.8, 4) is 0 Å². The standard InChI is InChI=1S/C31H63NO3/c1-6-30(26-33)35-31(34)32-29(25-21-17-13-9-11-15-19-23-28(4)5)24-20-16-12-8-7-10-14-18-22-27(2)3/h27-30,33H,6-26H2,1-5H3,(H,32,34). The van der Waals surface area contributed by atoms with Gasteiger partial charge in [0.05, 0.1) is 6.61 Å². The second-order valence-corrected chi connectivity index (χ2v) is 11.7. The molecule has 0 spiro atoms. The van der Waals surface area contributed by atoms with Crippen LogP contribution in [0.3, 0.4) is 0 Å². The summed E-state index contributed by atoms with van der Waals surface area (Å²) in [7, 11) is 0. The third kappa shape index (κ3) is 24.7. The Morgan fingerprint density at radius 1 is 0.629 bits per heavy atom. The van der Waals surface area contributed by atoms with E-state index in [1.165, 1.54) is 109 Å². The van der Waals surface area contributed by atoms with E-state index in [9.17, 15) is 9.90 Å². The summed E-state index contributed by atoms with van der Waals surface area (Å²) in [6, 6.07) is 0.195. The lowest BCUT2D eigenvalue weighted by atomic mass is 9.99. The highest BCUT2D eigenvalue weighted by atomic mass is 16.6. The van der Waals surface area contributed by atoms with Crippen molar-refractivity contribution in [3.05, 3.63) is 0 Å². The lowest BCUT2D eigenvalue weighted by Gasteiger charge is -2.21. The maximum absolute atomic E-state index is 12.3. The van der Waals surface area contributed by atoms with Gasteiger partial charge < -0.3 is 15.2 Å². The number of aliphatic hydroxyl groups is 1. The Labute approximate surface area is 219 Å². The van der Waals surface area contributed by atoms with Crippen LogP contribution in [0.25, 0.3) is 0 Å². The molecule has 1 amide bonds. The Morgan fingerprint density at radius 3 is 1.29 bits per heavy atom. The van der Waals surface area contributed by atoms with Crippen LogP contribution in [-0.2, 0) is 4.74 Å². The smallest absolute Gasteiger partial charge is 0.407 e.